The average molecular weight is 367 g/mol. The Kier molecular flexibility index (Phi) is 4.17. The highest BCUT2D eigenvalue weighted by Crippen LogP contribution is 2.24. The highest BCUT2D eigenvalue weighted by molar-refractivity contribution is 5.92. The Labute approximate surface area is 158 Å². The third kappa shape index (κ3) is 3.41. The zero-order valence-corrected chi connectivity index (χ0v) is 16.3. The van der Waals surface area contributed by atoms with E-state index in [2.05, 4.69) is 59.8 Å². The molecule has 1 aliphatic rings. The Balaban J connectivity index is 1.47. The summed E-state index contributed by atoms with van der Waals surface area (Å²) < 4.78 is 7.11. The molecule has 0 N–H and O–H groups in total. The minimum absolute atomic E-state index is 0.0254. The van der Waals surface area contributed by atoms with Crippen LogP contribution in [0.5, 0.6) is 0 Å². The zero-order valence-electron chi connectivity index (χ0n) is 16.3. The molecule has 0 saturated carbocycles. The van der Waals surface area contributed by atoms with Gasteiger partial charge in [0.15, 0.2) is 5.69 Å². The van der Waals surface area contributed by atoms with Crippen LogP contribution in [0.3, 0.4) is 0 Å². The van der Waals surface area contributed by atoms with Gasteiger partial charge in [-0.3, -0.25) is 4.79 Å². The van der Waals surface area contributed by atoms with Crippen LogP contribution in [-0.4, -0.2) is 51.5 Å². The van der Waals surface area contributed by atoms with Gasteiger partial charge in [-0.2, -0.15) is 0 Å². The minimum atomic E-state index is -0.0635. The molecule has 1 amide bonds. The van der Waals surface area contributed by atoms with E-state index >= 15 is 0 Å². The molecule has 4 heterocycles. The van der Waals surface area contributed by atoms with Crippen LogP contribution in [0.4, 0.5) is 5.69 Å². The van der Waals surface area contributed by atoms with Crippen LogP contribution >= 0.6 is 0 Å². The van der Waals surface area contributed by atoms with E-state index in [1.54, 1.807) is 13.0 Å². The highest BCUT2D eigenvalue weighted by atomic mass is 16.5. The van der Waals surface area contributed by atoms with E-state index in [9.17, 15) is 4.79 Å². The van der Waals surface area contributed by atoms with Gasteiger partial charge in [-0.25, -0.2) is 4.98 Å². The second-order valence-corrected chi connectivity index (χ2v) is 8.13. The topological polar surface area (TPSA) is 66.9 Å². The van der Waals surface area contributed by atoms with Gasteiger partial charge < -0.3 is 18.7 Å². The maximum atomic E-state index is 12.5. The Morgan fingerprint density at radius 1 is 1.11 bits per heavy atom. The van der Waals surface area contributed by atoms with Crippen molar-refractivity contribution in [3.05, 3.63) is 47.7 Å². The van der Waals surface area contributed by atoms with Crippen molar-refractivity contribution in [2.45, 2.75) is 33.1 Å². The van der Waals surface area contributed by atoms with Crippen molar-refractivity contribution in [2.24, 2.45) is 0 Å². The quantitative estimate of drug-likeness (QED) is 0.697. The maximum absolute atomic E-state index is 12.5. The number of imidazole rings is 1. The Bertz CT molecular complexity index is 974. The summed E-state index contributed by atoms with van der Waals surface area (Å²) in [5.74, 6) is 0.589. The number of nitrogens with zero attached hydrogens (tertiary/aromatic N) is 5. The molecule has 1 aliphatic heterocycles. The second-order valence-electron chi connectivity index (χ2n) is 8.13. The van der Waals surface area contributed by atoms with Crippen LogP contribution in [0.15, 0.2) is 35.1 Å². The first kappa shape index (κ1) is 17.6. The summed E-state index contributed by atoms with van der Waals surface area (Å²) in [6, 6.07) is 5.85. The fourth-order valence-corrected chi connectivity index (χ4v) is 3.33. The Morgan fingerprint density at radius 3 is 2.48 bits per heavy atom. The van der Waals surface area contributed by atoms with Gasteiger partial charge in [-0.05, 0) is 19.1 Å². The Hall–Kier alpha value is -2.83. The number of piperazine rings is 1. The van der Waals surface area contributed by atoms with E-state index < -0.39 is 0 Å². The molecule has 1 saturated heterocycles. The maximum Gasteiger partial charge on any atom is 0.276 e. The first-order valence-electron chi connectivity index (χ1n) is 9.28. The van der Waals surface area contributed by atoms with Gasteiger partial charge in [0.2, 0.25) is 0 Å². The summed E-state index contributed by atoms with van der Waals surface area (Å²) in [5, 5.41) is 3.83. The summed E-state index contributed by atoms with van der Waals surface area (Å²) >= 11 is 0. The lowest BCUT2D eigenvalue weighted by Gasteiger charge is -2.35. The summed E-state index contributed by atoms with van der Waals surface area (Å²) in [6.07, 6.45) is 4.22. The van der Waals surface area contributed by atoms with Crippen LogP contribution < -0.4 is 4.90 Å². The van der Waals surface area contributed by atoms with E-state index in [1.165, 1.54) is 0 Å². The van der Waals surface area contributed by atoms with Gasteiger partial charge in [-0.1, -0.05) is 25.9 Å². The third-order valence-corrected chi connectivity index (χ3v) is 4.98. The molecule has 142 valence electrons. The van der Waals surface area contributed by atoms with E-state index in [-0.39, 0.29) is 11.3 Å². The monoisotopic (exact) mass is 367 g/mol. The molecule has 0 aliphatic carbocycles. The molecule has 1 fully saturated rings. The van der Waals surface area contributed by atoms with Gasteiger partial charge >= 0.3 is 0 Å². The predicted molar refractivity (Wildman–Crippen MR) is 103 cm³/mol. The summed E-state index contributed by atoms with van der Waals surface area (Å²) in [5.41, 5.74) is 3.59. The average Bonchev–Trinajstić information content (AvgIpc) is 3.26. The Morgan fingerprint density at radius 2 is 1.85 bits per heavy atom. The molecule has 0 bridgehead atoms. The van der Waals surface area contributed by atoms with Crippen molar-refractivity contribution >= 4 is 17.2 Å². The largest absolute Gasteiger partial charge is 0.367 e. The smallest absolute Gasteiger partial charge is 0.276 e. The van der Waals surface area contributed by atoms with Crippen LogP contribution in [-0.2, 0) is 5.41 Å². The van der Waals surface area contributed by atoms with Crippen molar-refractivity contribution in [1.29, 1.82) is 0 Å². The number of anilines is 1. The van der Waals surface area contributed by atoms with E-state index in [4.69, 9.17) is 9.51 Å². The standard InChI is InChI=1S/C20H25N5O2/c1-14-11-16(22-27-14)19(26)24-9-7-23(8-10-24)15-5-6-18-21-17(20(2,3)4)13-25(18)12-15/h5-6,11-13H,7-10H2,1-4H3. The molecule has 3 aromatic heterocycles. The number of aromatic nitrogens is 3. The molecule has 0 unspecified atom stereocenters. The first-order valence-corrected chi connectivity index (χ1v) is 9.28. The SMILES string of the molecule is Cc1cc(C(=O)N2CCN(c3ccc4nc(C(C)(C)C)cn4c3)CC2)no1. The fraction of sp³-hybridized carbons (Fsp3) is 0.450. The van der Waals surface area contributed by atoms with E-state index in [1.807, 2.05) is 4.90 Å². The van der Waals surface area contributed by atoms with Crippen LogP contribution in [0.25, 0.3) is 5.65 Å². The number of fused-ring (bicyclic) bond motifs is 1. The molecular formula is C20H25N5O2. The summed E-state index contributed by atoms with van der Waals surface area (Å²) in [6.45, 7) is 11.2. The lowest BCUT2D eigenvalue weighted by Crippen LogP contribution is -2.48. The summed E-state index contributed by atoms with van der Waals surface area (Å²) in [7, 11) is 0. The van der Waals surface area contributed by atoms with Gasteiger partial charge in [-0.15, -0.1) is 0 Å². The number of pyridine rings is 1. The van der Waals surface area contributed by atoms with Gasteiger partial charge in [0.1, 0.15) is 11.4 Å². The number of amides is 1. The lowest BCUT2D eigenvalue weighted by molar-refractivity contribution is 0.0736. The van der Waals surface area contributed by atoms with E-state index in [0.29, 0.717) is 24.5 Å². The van der Waals surface area contributed by atoms with Gasteiger partial charge in [0, 0.05) is 50.1 Å². The van der Waals surface area contributed by atoms with Crippen LogP contribution in [0.2, 0.25) is 0 Å². The lowest BCUT2D eigenvalue weighted by atomic mass is 9.93. The third-order valence-electron chi connectivity index (χ3n) is 4.98. The highest BCUT2D eigenvalue weighted by Gasteiger charge is 2.25. The second kappa shape index (κ2) is 6.40. The number of rotatable bonds is 2. The van der Waals surface area contributed by atoms with Crippen molar-refractivity contribution in [3.63, 3.8) is 0 Å². The zero-order chi connectivity index (χ0) is 19.2. The van der Waals surface area contributed by atoms with Crippen molar-refractivity contribution in [3.8, 4) is 0 Å². The van der Waals surface area contributed by atoms with Gasteiger partial charge in [0.25, 0.3) is 5.91 Å². The van der Waals surface area contributed by atoms with E-state index in [0.717, 1.165) is 30.1 Å². The van der Waals surface area contributed by atoms with Crippen molar-refractivity contribution in [1.82, 2.24) is 19.4 Å². The summed E-state index contributed by atoms with van der Waals surface area (Å²) in [4.78, 5) is 21.4. The van der Waals surface area contributed by atoms with Crippen molar-refractivity contribution in [2.75, 3.05) is 31.1 Å². The molecule has 0 aromatic carbocycles. The van der Waals surface area contributed by atoms with Crippen molar-refractivity contribution < 1.29 is 9.32 Å². The fourth-order valence-electron chi connectivity index (χ4n) is 3.33. The number of carbonyl (C=O) groups is 1. The molecule has 3 aromatic rings. The minimum Gasteiger partial charge on any atom is -0.367 e. The van der Waals surface area contributed by atoms with Gasteiger partial charge in [0.05, 0.1) is 11.4 Å². The van der Waals surface area contributed by atoms with Crippen LogP contribution in [0.1, 0.15) is 42.7 Å². The van der Waals surface area contributed by atoms with Crippen LogP contribution in [0, 0.1) is 6.92 Å². The number of aryl methyl sites for hydroxylation is 1. The molecule has 27 heavy (non-hydrogen) atoms. The molecular weight excluding hydrogens is 342 g/mol. The molecule has 7 heteroatoms. The molecule has 7 nitrogen and oxygen atoms in total. The normalized spacial score (nSPS) is 15.6. The first-order chi connectivity index (χ1) is 12.8. The number of carbonyl (C=O) groups excluding carboxylic acids is 1. The number of hydrogen-bond donors (Lipinski definition) is 0. The predicted octanol–water partition coefficient (Wildman–Crippen LogP) is 2.89. The molecule has 4 rings (SSSR count). The molecule has 0 radical (unpaired) electrons. The number of hydrogen-bond acceptors (Lipinski definition) is 5. The molecule has 0 spiro atoms. The molecule has 0 atom stereocenters.